The second-order valence-electron chi connectivity index (χ2n) is 3.66. The van der Waals surface area contributed by atoms with E-state index in [4.69, 9.17) is 5.11 Å². The molecule has 2 N–H and O–H groups in total. The molecule has 1 atom stereocenters. The van der Waals surface area contributed by atoms with Crippen LogP contribution in [0, 0.1) is 0 Å². The smallest absolute Gasteiger partial charge is 0.452 e. The molecule has 0 aliphatic carbocycles. The van der Waals surface area contributed by atoms with E-state index in [1.807, 2.05) is 0 Å². The molecule has 0 amide bonds. The Morgan fingerprint density at radius 3 is 2.65 bits per heavy atom. The van der Waals surface area contributed by atoms with Gasteiger partial charge in [0.2, 0.25) is 11.0 Å². The van der Waals surface area contributed by atoms with Crippen LogP contribution in [-0.4, -0.2) is 25.4 Å². The zero-order valence-electron chi connectivity index (χ0n) is 9.80. The first-order valence-corrected chi connectivity index (χ1v) is 6.79. The normalized spacial score (nSPS) is 13.2. The van der Waals surface area contributed by atoms with E-state index in [9.17, 15) is 18.0 Å². The highest BCUT2D eigenvalue weighted by molar-refractivity contribution is 7.10. The van der Waals surface area contributed by atoms with Crippen molar-refractivity contribution in [1.29, 1.82) is 0 Å². The average Bonchev–Trinajstić information content (AvgIpc) is 2.95. The molecule has 0 saturated carbocycles. The van der Waals surface area contributed by atoms with Gasteiger partial charge < -0.3 is 10.4 Å². The molecule has 2 heterocycles. The van der Waals surface area contributed by atoms with Crippen molar-refractivity contribution in [3.05, 3.63) is 21.9 Å². The van der Waals surface area contributed by atoms with Crippen LogP contribution in [0.4, 0.5) is 18.3 Å². The molecule has 2 aromatic rings. The number of carboxylic acid groups (broad SMARTS) is 1. The van der Waals surface area contributed by atoms with Gasteiger partial charge in [-0.2, -0.15) is 22.5 Å². The first-order chi connectivity index (χ1) is 9.27. The highest BCUT2D eigenvalue weighted by Crippen LogP contribution is 2.30. The van der Waals surface area contributed by atoms with Crippen molar-refractivity contribution in [3.63, 3.8) is 0 Å². The number of nitrogens with zero attached hydrogens (tertiary/aromatic N) is 3. The van der Waals surface area contributed by atoms with Crippen molar-refractivity contribution in [1.82, 2.24) is 14.3 Å². The monoisotopic (exact) mass is 324 g/mol. The fourth-order valence-corrected chi connectivity index (χ4v) is 2.70. The van der Waals surface area contributed by atoms with E-state index in [1.165, 1.54) is 5.38 Å². The van der Waals surface area contributed by atoms with Crippen molar-refractivity contribution in [2.45, 2.75) is 19.1 Å². The molecule has 6 nitrogen and oxygen atoms in total. The van der Waals surface area contributed by atoms with E-state index in [2.05, 4.69) is 19.7 Å². The third-order valence-electron chi connectivity index (χ3n) is 2.13. The quantitative estimate of drug-likeness (QED) is 0.899. The average molecular weight is 324 g/mol. The molecule has 0 bridgehead atoms. The third-order valence-corrected chi connectivity index (χ3v) is 3.80. The number of hydrogen-bond donors (Lipinski definition) is 2. The highest BCUT2D eigenvalue weighted by Gasteiger charge is 2.36. The fourth-order valence-electron chi connectivity index (χ4n) is 1.23. The number of thiazole rings is 1. The van der Waals surface area contributed by atoms with E-state index in [-0.39, 0.29) is 10.8 Å². The molecule has 0 aromatic carbocycles. The lowest BCUT2D eigenvalue weighted by molar-refractivity contribution is -0.144. The maximum Gasteiger partial charge on any atom is 0.452 e. The summed E-state index contributed by atoms with van der Waals surface area (Å²) in [5.41, 5.74) is -0.105. The van der Waals surface area contributed by atoms with Crippen LogP contribution < -0.4 is 5.32 Å². The summed E-state index contributed by atoms with van der Waals surface area (Å²) in [7, 11) is 0. The van der Waals surface area contributed by atoms with Gasteiger partial charge in [0.25, 0.3) is 0 Å². The second-order valence-corrected chi connectivity index (χ2v) is 5.30. The topological polar surface area (TPSA) is 88.0 Å². The Balaban J connectivity index is 2.09. The SMILES string of the molecule is CC(Nc1nc(C(F)(F)F)ns1)c1nc(C(=O)O)cs1. The Morgan fingerprint density at radius 1 is 1.45 bits per heavy atom. The van der Waals surface area contributed by atoms with Gasteiger partial charge >= 0.3 is 12.1 Å². The Morgan fingerprint density at radius 2 is 2.15 bits per heavy atom. The molecule has 0 spiro atoms. The second kappa shape index (κ2) is 5.32. The predicted molar refractivity (Wildman–Crippen MR) is 66.0 cm³/mol. The van der Waals surface area contributed by atoms with Gasteiger partial charge in [0.15, 0.2) is 5.69 Å². The number of anilines is 1. The summed E-state index contributed by atoms with van der Waals surface area (Å²) in [6.45, 7) is 1.64. The third kappa shape index (κ3) is 3.22. The number of rotatable bonds is 4. The van der Waals surface area contributed by atoms with Gasteiger partial charge in [0.1, 0.15) is 5.01 Å². The van der Waals surface area contributed by atoms with E-state index in [0.717, 1.165) is 11.3 Å². The van der Waals surface area contributed by atoms with Crippen LogP contribution in [0.25, 0.3) is 0 Å². The van der Waals surface area contributed by atoms with E-state index in [0.29, 0.717) is 16.5 Å². The number of hydrogen-bond acceptors (Lipinski definition) is 7. The highest BCUT2D eigenvalue weighted by atomic mass is 32.1. The molecule has 11 heteroatoms. The first kappa shape index (κ1) is 14.7. The zero-order valence-corrected chi connectivity index (χ0v) is 11.4. The Kier molecular flexibility index (Phi) is 3.90. The molecular weight excluding hydrogens is 317 g/mol. The minimum Gasteiger partial charge on any atom is -0.476 e. The van der Waals surface area contributed by atoms with Crippen LogP contribution in [0.3, 0.4) is 0 Å². The number of aromatic nitrogens is 3. The van der Waals surface area contributed by atoms with Gasteiger partial charge in [-0.1, -0.05) is 0 Å². The summed E-state index contributed by atoms with van der Waals surface area (Å²) in [5.74, 6) is -2.36. The maximum atomic E-state index is 12.3. The van der Waals surface area contributed by atoms with Crippen molar-refractivity contribution < 1.29 is 23.1 Å². The summed E-state index contributed by atoms with van der Waals surface area (Å²) in [4.78, 5) is 17.9. The van der Waals surface area contributed by atoms with Gasteiger partial charge in [-0.05, 0) is 6.92 Å². The molecule has 2 aromatic heterocycles. The van der Waals surface area contributed by atoms with Crippen LogP contribution in [-0.2, 0) is 6.18 Å². The van der Waals surface area contributed by atoms with E-state index in [1.54, 1.807) is 6.92 Å². The van der Waals surface area contributed by atoms with E-state index < -0.39 is 24.0 Å². The molecule has 0 saturated heterocycles. The molecule has 1 unspecified atom stereocenters. The Labute approximate surface area is 118 Å². The standard InChI is InChI=1S/C9H7F3N4O2S2/c1-3(5-14-4(2-19-5)6(17)18)13-8-15-7(16-20-8)9(10,11)12/h2-3H,1H3,(H,17,18)(H,13,15,16). The van der Waals surface area contributed by atoms with Crippen LogP contribution in [0.2, 0.25) is 0 Å². The lowest BCUT2D eigenvalue weighted by Crippen LogP contribution is -2.09. The Bertz CT molecular complexity index is 625. The van der Waals surface area contributed by atoms with Crippen molar-refractivity contribution in [2.24, 2.45) is 0 Å². The number of carbonyl (C=O) groups is 1. The minimum atomic E-state index is -4.59. The Hall–Kier alpha value is -1.75. The van der Waals surface area contributed by atoms with Crippen molar-refractivity contribution >= 4 is 34.0 Å². The van der Waals surface area contributed by atoms with E-state index >= 15 is 0 Å². The minimum absolute atomic E-state index is 0.00287. The number of aromatic carboxylic acids is 1. The number of nitrogens with one attached hydrogen (secondary N) is 1. The van der Waals surface area contributed by atoms with Gasteiger partial charge in [0, 0.05) is 16.9 Å². The van der Waals surface area contributed by atoms with Crippen LogP contribution in [0.15, 0.2) is 5.38 Å². The van der Waals surface area contributed by atoms with Gasteiger partial charge in [0.05, 0.1) is 6.04 Å². The van der Waals surface area contributed by atoms with Crippen LogP contribution in [0.5, 0.6) is 0 Å². The maximum absolute atomic E-state index is 12.3. The fraction of sp³-hybridized carbons (Fsp3) is 0.333. The number of alkyl halides is 3. The van der Waals surface area contributed by atoms with Crippen molar-refractivity contribution in [2.75, 3.05) is 5.32 Å². The summed E-state index contributed by atoms with van der Waals surface area (Å²) >= 11 is 1.68. The summed E-state index contributed by atoms with van der Waals surface area (Å²) in [6.07, 6.45) is -4.59. The zero-order chi connectivity index (χ0) is 14.9. The number of halogens is 3. The van der Waals surface area contributed by atoms with Crippen molar-refractivity contribution in [3.8, 4) is 0 Å². The predicted octanol–water partition coefficient (Wildman–Crippen LogP) is 2.88. The van der Waals surface area contributed by atoms with Gasteiger partial charge in [-0.15, -0.1) is 11.3 Å². The number of carboxylic acids is 1. The molecule has 2 rings (SSSR count). The van der Waals surface area contributed by atoms with Crippen LogP contribution in [0.1, 0.15) is 34.3 Å². The lowest BCUT2D eigenvalue weighted by Gasteiger charge is -2.08. The molecule has 0 aliphatic rings. The largest absolute Gasteiger partial charge is 0.476 e. The first-order valence-electron chi connectivity index (χ1n) is 5.13. The van der Waals surface area contributed by atoms with Gasteiger partial charge in [-0.3, -0.25) is 0 Å². The molecule has 0 radical (unpaired) electrons. The molecule has 0 fully saturated rings. The molecule has 0 aliphatic heterocycles. The lowest BCUT2D eigenvalue weighted by atomic mass is 10.3. The summed E-state index contributed by atoms with van der Waals surface area (Å²) in [6, 6.07) is -0.470. The van der Waals surface area contributed by atoms with Gasteiger partial charge in [-0.25, -0.2) is 9.78 Å². The summed E-state index contributed by atoms with van der Waals surface area (Å²) < 4.78 is 40.2. The molecule has 20 heavy (non-hydrogen) atoms. The van der Waals surface area contributed by atoms with Crippen LogP contribution >= 0.6 is 22.9 Å². The summed E-state index contributed by atoms with van der Waals surface area (Å²) in [5, 5.41) is 13.2. The molecule has 108 valence electrons. The molecular formula is C9H7F3N4O2S2.